The average Bonchev–Trinajstić information content (AvgIpc) is 2.97. The largest absolute Gasteiger partial charge is 0.399 e. The molecule has 5 N–H and O–H groups in total. The van der Waals surface area contributed by atoms with Gasteiger partial charge in [0.15, 0.2) is 0 Å². The standard InChI is InChI=1S/C17H21N5O/c1-10(2)15(8-23)22-17-13-7-14(21-16(13)19-9-20-17)11-4-3-5-12(18)6-11/h3-7,9-10,15,23H,8,18H2,1-2H3,(H2,19,20,21,22)/t15-/m0/s1. The first-order chi connectivity index (χ1) is 11.1. The maximum Gasteiger partial charge on any atom is 0.143 e. The molecule has 2 aromatic heterocycles. The van der Waals surface area contributed by atoms with E-state index in [0.29, 0.717) is 11.5 Å². The van der Waals surface area contributed by atoms with Gasteiger partial charge in [0, 0.05) is 16.9 Å². The van der Waals surface area contributed by atoms with E-state index >= 15 is 0 Å². The number of aliphatic hydroxyl groups excluding tert-OH is 1. The summed E-state index contributed by atoms with van der Waals surface area (Å²) >= 11 is 0. The van der Waals surface area contributed by atoms with E-state index in [1.54, 1.807) is 0 Å². The maximum absolute atomic E-state index is 9.52. The lowest BCUT2D eigenvalue weighted by Gasteiger charge is -2.20. The Labute approximate surface area is 134 Å². The average molecular weight is 311 g/mol. The molecule has 3 rings (SSSR count). The zero-order valence-electron chi connectivity index (χ0n) is 13.2. The highest BCUT2D eigenvalue weighted by molar-refractivity contribution is 5.91. The number of anilines is 2. The molecular weight excluding hydrogens is 290 g/mol. The lowest BCUT2D eigenvalue weighted by molar-refractivity contribution is 0.249. The normalized spacial score (nSPS) is 12.7. The fourth-order valence-corrected chi connectivity index (χ4v) is 2.52. The Morgan fingerprint density at radius 1 is 1.26 bits per heavy atom. The Kier molecular flexibility index (Phi) is 4.16. The molecule has 0 amide bonds. The summed E-state index contributed by atoms with van der Waals surface area (Å²) in [5, 5.41) is 13.7. The lowest BCUT2D eigenvalue weighted by atomic mass is 10.1. The molecule has 6 heteroatoms. The number of nitrogens with one attached hydrogen (secondary N) is 2. The van der Waals surface area contributed by atoms with E-state index in [1.165, 1.54) is 6.33 Å². The van der Waals surface area contributed by atoms with Crippen LogP contribution >= 0.6 is 0 Å². The number of nitrogen functional groups attached to an aromatic ring is 1. The van der Waals surface area contributed by atoms with Crippen molar-refractivity contribution in [2.45, 2.75) is 19.9 Å². The van der Waals surface area contributed by atoms with Crippen LogP contribution in [0, 0.1) is 5.92 Å². The molecule has 0 saturated heterocycles. The van der Waals surface area contributed by atoms with Crippen LogP contribution in [0.5, 0.6) is 0 Å². The SMILES string of the molecule is CC(C)[C@H](CO)Nc1ncnc2[nH]c(-c3cccc(N)c3)cc12. The number of aromatic nitrogens is 3. The quantitative estimate of drug-likeness (QED) is 0.543. The van der Waals surface area contributed by atoms with Gasteiger partial charge in [0.2, 0.25) is 0 Å². The Morgan fingerprint density at radius 3 is 2.78 bits per heavy atom. The minimum atomic E-state index is -0.0566. The van der Waals surface area contributed by atoms with Crippen LogP contribution in [0.15, 0.2) is 36.7 Å². The van der Waals surface area contributed by atoms with Crippen molar-refractivity contribution in [3.05, 3.63) is 36.7 Å². The number of nitrogens with two attached hydrogens (primary N) is 1. The van der Waals surface area contributed by atoms with Gasteiger partial charge in [0.05, 0.1) is 18.0 Å². The molecule has 0 bridgehead atoms. The summed E-state index contributed by atoms with van der Waals surface area (Å²) in [6.45, 7) is 4.17. The number of aromatic amines is 1. The number of hydrogen-bond acceptors (Lipinski definition) is 5. The van der Waals surface area contributed by atoms with E-state index in [1.807, 2.05) is 30.3 Å². The van der Waals surface area contributed by atoms with Gasteiger partial charge < -0.3 is 21.1 Å². The predicted molar refractivity (Wildman–Crippen MR) is 93.1 cm³/mol. The van der Waals surface area contributed by atoms with E-state index in [4.69, 9.17) is 5.73 Å². The van der Waals surface area contributed by atoms with Crippen LogP contribution in [0.2, 0.25) is 0 Å². The monoisotopic (exact) mass is 311 g/mol. The van der Waals surface area contributed by atoms with Gasteiger partial charge in [-0.25, -0.2) is 9.97 Å². The maximum atomic E-state index is 9.52. The summed E-state index contributed by atoms with van der Waals surface area (Å²) < 4.78 is 0. The van der Waals surface area contributed by atoms with Gasteiger partial charge in [-0.2, -0.15) is 0 Å². The highest BCUT2D eigenvalue weighted by Crippen LogP contribution is 2.28. The van der Waals surface area contributed by atoms with Gasteiger partial charge in [-0.3, -0.25) is 0 Å². The van der Waals surface area contributed by atoms with Gasteiger partial charge >= 0.3 is 0 Å². The van der Waals surface area contributed by atoms with Crippen molar-refractivity contribution in [1.82, 2.24) is 15.0 Å². The molecule has 0 aliphatic carbocycles. The smallest absolute Gasteiger partial charge is 0.143 e. The number of H-pyrrole nitrogens is 1. The number of fused-ring (bicyclic) bond motifs is 1. The van der Waals surface area contributed by atoms with E-state index in [2.05, 4.69) is 34.1 Å². The van der Waals surface area contributed by atoms with Crippen molar-refractivity contribution in [2.24, 2.45) is 5.92 Å². The molecule has 2 heterocycles. The van der Waals surface area contributed by atoms with Crippen LogP contribution in [0.1, 0.15) is 13.8 Å². The second-order valence-electron chi connectivity index (χ2n) is 5.97. The van der Waals surface area contributed by atoms with Crippen molar-refractivity contribution < 1.29 is 5.11 Å². The molecule has 0 saturated carbocycles. The molecule has 0 spiro atoms. The first-order valence-corrected chi connectivity index (χ1v) is 7.65. The summed E-state index contributed by atoms with van der Waals surface area (Å²) in [7, 11) is 0. The second kappa shape index (κ2) is 6.26. The summed E-state index contributed by atoms with van der Waals surface area (Å²) in [5.41, 5.74) is 9.25. The molecule has 1 aromatic carbocycles. The molecule has 0 aliphatic heterocycles. The Balaban J connectivity index is 2.01. The van der Waals surface area contributed by atoms with Crippen LogP contribution in [0.3, 0.4) is 0 Å². The van der Waals surface area contributed by atoms with Crippen LogP contribution in [-0.2, 0) is 0 Å². The first-order valence-electron chi connectivity index (χ1n) is 7.65. The third-order valence-electron chi connectivity index (χ3n) is 3.95. The lowest BCUT2D eigenvalue weighted by Crippen LogP contribution is -2.29. The molecule has 0 unspecified atom stereocenters. The summed E-state index contributed by atoms with van der Waals surface area (Å²) in [6.07, 6.45) is 1.51. The zero-order chi connectivity index (χ0) is 16.4. The summed E-state index contributed by atoms with van der Waals surface area (Å²) in [4.78, 5) is 11.9. The number of benzene rings is 1. The van der Waals surface area contributed by atoms with Gasteiger partial charge in [-0.1, -0.05) is 26.0 Å². The molecular formula is C17H21N5O. The fourth-order valence-electron chi connectivity index (χ4n) is 2.52. The third kappa shape index (κ3) is 3.12. The number of aliphatic hydroxyl groups is 1. The zero-order valence-corrected chi connectivity index (χ0v) is 13.2. The van der Waals surface area contributed by atoms with Gasteiger partial charge in [-0.05, 0) is 24.1 Å². The summed E-state index contributed by atoms with van der Waals surface area (Å²) in [5.74, 6) is 1.01. The highest BCUT2D eigenvalue weighted by Gasteiger charge is 2.15. The minimum absolute atomic E-state index is 0.0513. The molecule has 0 aliphatic rings. The Morgan fingerprint density at radius 2 is 2.09 bits per heavy atom. The van der Waals surface area contributed by atoms with Crippen LogP contribution < -0.4 is 11.1 Å². The van der Waals surface area contributed by atoms with Crippen molar-refractivity contribution >= 4 is 22.5 Å². The van der Waals surface area contributed by atoms with E-state index in [9.17, 15) is 5.11 Å². The molecule has 0 fully saturated rings. The Hall–Kier alpha value is -2.60. The summed E-state index contributed by atoms with van der Waals surface area (Å²) in [6, 6.07) is 9.62. The van der Waals surface area contributed by atoms with Crippen molar-refractivity contribution in [1.29, 1.82) is 0 Å². The molecule has 6 nitrogen and oxygen atoms in total. The van der Waals surface area contributed by atoms with Crippen molar-refractivity contribution in [2.75, 3.05) is 17.7 Å². The van der Waals surface area contributed by atoms with Crippen LogP contribution in [0.25, 0.3) is 22.3 Å². The topological polar surface area (TPSA) is 99.8 Å². The number of hydrogen-bond donors (Lipinski definition) is 4. The van der Waals surface area contributed by atoms with Crippen LogP contribution in [0.4, 0.5) is 11.5 Å². The van der Waals surface area contributed by atoms with Gasteiger partial charge in [-0.15, -0.1) is 0 Å². The molecule has 23 heavy (non-hydrogen) atoms. The predicted octanol–water partition coefficient (Wildman–Crippen LogP) is 2.64. The molecule has 3 aromatic rings. The molecule has 0 radical (unpaired) electrons. The first kappa shape index (κ1) is 15.3. The second-order valence-corrected chi connectivity index (χ2v) is 5.97. The third-order valence-corrected chi connectivity index (χ3v) is 3.95. The van der Waals surface area contributed by atoms with E-state index in [0.717, 1.165) is 22.3 Å². The number of rotatable bonds is 5. The van der Waals surface area contributed by atoms with Crippen LogP contribution in [-0.4, -0.2) is 32.7 Å². The highest BCUT2D eigenvalue weighted by atomic mass is 16.3. The minimum Gasteiger partial charge on any atom is -0.399 e. The molecule has 1 atom stereocenters. The number of nitrogens with zero attached hydrogens (tertiary/aromatic N) is 2. The van der Waals surface area contributed by atoms with E-state index < -0.39 is 0 Å². The fraction of sp³-hybridized carbons (Fsp3) is 0.294. The van der Waals surface area contributed by atoms with Gasteiger partial charge in [0.1, 0.15) is 17.8 Å². The Bertz CT molecular complexity index is 812. The van der Waals surface area contributed by atoms with E-state index in [-0.39, 0.29) is 18.6 Å². The van der Waals surface area contributed by atoms with Crippen molar-refractivity contribution in [3.63, 3.8) is 0 Å². The van der Waals surface area contributed by atoms with Crippen molar-refractivity contribution in [3.8, 4) is 11.3 Å². The van der Waals surface area contributed by atoms with Gasteiger partial charge in [0.25, 0.3) is 0 Å². The molecule has 120 valence electrons.